The first-order valence-electron chi connectivity index (χ1n) is 25.3. The maximum absolute atomic E-state index is 13.5. The quantitative estimate of drug-likeness (QED) is 0.0210. The fourth-order valence-electron chi connectivity index (χ4n) is 9.17. The van der Waals surface area contributed by atoms with Gasteiger partial charge in [-0.25, -0.2) is 0 Å². The number of H-pyrrole nitrogens is 2. The van der Waals surface area contributed by atoms with Gasteiger partial charge in [0.15, 0.2) is 11.6 Å². The molecule has 0 aliphatic carbocycles. The highest BCUT2D eigenvalue weighted by atomic mass is 19.4. The monoisotopic (exact) mass is 1090 g/mol. The summed E-state index contributed by atoms with van der Waals surface area (Å²) < 4.78 is 81.3. The van der Waals surface area contributed by atoms with Gasteiger partial charge in [-0.05, 0) is 86.8 Å². The van der Waals surface area contributed by atoms with Crippen molar-refractivity contribution in [1.29, 1.82) is 5.26 Å². The van der Waals surface area contributed by atoms with Crippen LogP contribution in [0.2, 0.25) is 0 Å². The Morgan fingerprint density at radius 1 is 0.740 bits per heavy atom. The van der Waals surface area contributed by atoms with E-state index in [0.29, 0.717) is 73.5 Å². The topological polar surface area (TPSA) is 279 Å². The molecule has 0 saturated carbocycles. The maximum atomic E-state index is 13.5. The van der Waals surface area contributed by atoms with Crippen LogP contribution in [0.1, 0.15) is 100 Å². The number of methoxy groups -OCH3 is 2. The summed E-state index contributed by atoms with van der Waals surface area (Å²) in [6.45, 7) is 6.10. The van der Waals surface area contributed by atoms with Crippen molar-refractivity contribution in [2.75, 3.05) is 40.4 Å². The van der Waals surface area contributed by atoms with Crippen molar-refractivity contribution in [3.05, 3.63) is 59.9 Å². The van der Waals surface area contributed by atoms with E-state index in [4.69, 9.17) is 9.47 Å². The molecule has 4 heterocycles. The summed E-state index contributed by atoms with van der Waals surface area (Å²) in [4.78, 5) is 94.4. The van der Waals surface area contributed by atoms with E-state index in [1.54, 1.807) is 43.5 Å². The zero-order valence-corrected chi connectivity index (χ0v) is 43.8. The number of alkyl halides is 6. The lowest BCUT2D eigenvalue weighted by atomic mass is 9.89. The highest BCUT2D eigenvalue weighted by Gasteiger charge is 2.37. The first kappa shape index (κ1) is 62.5. The summed E-state index contributed by atoms with van der Waals surface area (Å²) >= 11 is 0. The van der Waals surface area contributed by atoms with Crippen LogP contribution in [0.25, 0.3) is 21.8 Å². The predicted molar refractivity (Wildman–Crippen MR) is 273 cm³/mol. The largest absolute Gasteiger partial charge is 0.496 e. The molecule has 0 spiro atoms. The number of ether oxygens (including phenoxy) is 2. The van der Waals surface area contributed by atoms with E-state index in [1.807, 2.05) is 45.9 Å². The number of aromatic amines is 2. The summed E-state index contributed by atoms with van der Waals surface area (Å²) in [5.74, 6) is -2.47. The van der Waals surface area contributed by atoms with Gasteiger partial charge in [0.05, 0.1) is 56.8 Å². The number of hydrogen-bond donors (Lipinski definition) is 8. The molecule has 0 bridgehead atoms. The Labute approximate surface area is 442 Å². The summed E-state index contributed by atoms with van der Waals surface area (Å²) in [6, 6.07) is 12.9. The third-order valence-corrected chi connectivity index (χ3v) is 12.9. The lowest BCUT2D eigenvalue weighted by molar-refractivity contribution is -0.129. The molecule has 77 heavy (non-hydrogen) atoms. The predicted octanol–water partition coefficient (Wildman–Crippen LogP) is 6.60. The third-order valence-electron chi connectivity index (χ3n) is 12.9. The zero-order chi connectivity index (χ0) is 57.2. The van der Waals surface area contributed by atoms with Gasteiger partial charge in [-0.1, -0.05) is 39.8 Å². The van der Waals surface area contributed by atoms with E-state index in [2.05, 4.69) is 42.3 Å². The van der Waals surface area contributed by atoms with Crippen molar-refractivity contribution in [1.82, 2.24) is 36.6 Å². The molecule has 2 aliphatic rings. The number of fused-ring (bicyclic) bond motifs is 2. The highest BCUT2D eigenvalue weighted by molar-refractivity contribution is 6.03. The summed E-state index contributed by atoms with van der Waals surface area (Å²) in [6.07, 6.45) is -6.00. The van der Waals surface area contributed by atoms with Gasteiger partial charge >= 0.3 is 12.4 Å². The number of aromatic nitrogens is 2. The van der Waals surface area contributed by atoms with Gasteiger partial charge in [0.1, 0.15) is 23.8 Å². The number of nitrogens with zero attached hydrogens (tertiary/aromatic N) is 1. The lowest BCUT2D eigenvalue weighted by Gasteiger charge is -2.28. The van der Waals surface area contributed by atoms with Gasteiger partial charge < -0.3 is 51.2 Å². The molecule has 2 aromatic carbocycles. The van der Waals surface area contributed by atoms with Crippen molar-refractivity contribution in [3.63, 3.8) is 0 Å². The number of halogens is 6. The van der Waals surface area contributed by atoms with E-state index in [0.717, 1.165) is 16.3 Å². The molecule has 422 valence electrons. The smallest absolute Gasteiger partial charge is 0.401 e. The molecule has 0 radical (unpaired) electrons. The van der Waals surface area contributed by atoms with Crippen LogP contribution < -0.4 is 41.8 Å². The SMILES string of the molecule is COc1cccc2[nH]c(C(=O)C[C@@H](CC(C)C)C(=O)N[C@@H](C[C@@H]3CCNC3=O)C(C#N)NCC(F)(F)F)cc12.COc1cccc2[nH]c(C(=O)C[C@@H](CC(C)C)C(=O)N[C@H](C=O)C[C@@H]3CCNC3=O)cc12.NCC(F)(F)F. The number of carbonyl (C=O) groups excluding carboxylic acids is 7. The Kier molecular flexibility index (Phi) is 23.5. The van der Waals surface area contributed by atoms with Crippen LogP contribution in [0.5, 0.6) is 11.5 Å². The molecule has 6 rings (SSSR count). The molecule has 4 aromatic rings. The second kappa shape index (κ2) is 28.9. The first-order valence-corrected chi connectivity index (χ1v) is 25.3. The zero-order valence-electron chi connectivity index (χ0n) is 43.8. The van der Waals surface area contributed by atoms with Crippen molar-refractivity contribution >= 4 is 63.3 Å². The van der Waals surface area contributed by atoms with Gasteiger partial charge in [0, 0.05) is 71.4 Å². The minimum absolute atomic E-state index is 0.00911. The number of benzene rings is 2. The average Bonchev–Trinajstić information content (AvgIpc) is 4.20. The molecule has 2 saturated heterocycles. The molecular formula is C53H69F6N9O9. The van der Waals surface area contributed by atoms with Crippen LogP contribution in [-0.4, -0.2) is 122 Å². The van der Waals surface area contributed by atoms with Gasteiger partial charge in [-0.3, -0.25) is 34.1 Å². The second-order valence-corrected chi connectivity index (χ2v) is 19.9. The number of carbonyl (C=O) groups is 7. The Morgan fingerprint density at radius 3 is 1.55 bits per heavy atom. The van der Waals surface area contributed by atoms with Gasteiger partial charge in [-0.2, -0.15) is 31.6 Å². The third kappa shape index (κ3) is 19.5. The number of ketones is 2. The molecule has 1 unspecified atom stereocenters. The average molecular weight is 1090 g/mol. The molecule has 18 nitrogen and oxygen atoms in total. The maximum Gasteiger partial charge on any atom is 0.401 e. The fourth-order valence-corrected chi connectivity index (χ4v) is 9.17. The first-order chi connectivity index (χ1) is 36.3. The molecule has 2 aromatic heterocycles. The fraction of sp³-hybridized carbons (Fsp3) is 0.547. The van der Waals surface area contributed by atoms with Crippen molar-refractivity contribution in [2.24, 2.45) is 41.2 Å². The number of rotatable bonds is 24. The van der Waals surface area contributed by atoms with Crippen LogP contribution in [-0.2, 0) is 24.0 Å². The number of Topliss-reactive ketones (excluding diaryl/α,β-unsaturated/α-hetero) is 2. The normalized spacial score (nSPS) is 17.4. The van der Waals surface area contributed by atoms with E-state index in [1.165, 1.54) is 7.11 Å². The van der Waals surface area contributed by atoms with Gasteiger partial charge in [0.25, 0.3) is 0 Å². The van der Waals surface area contributed by atoms with E-state index >= 15 is 0 Å². The van der Waals surface area contributed by atoms with Gasteiger partial charge in [0.2, 0.25) is 23.6 Å². The Balaban J connectivity index is 0.000000305. The molecule has 4 amide bonds. The van der Waals surface area contributed by atoms with Crippen LogP contribution in [0.15, 0.2) is 48.5 Å². The minimum Gasteiger partial charge on any atom is -0.496 e. The number of nitrogens with one attached hydrogen (secondary N) is 7. The van der Waals surface area contributed by atoms with Crippen LogP contribution in [0.4, 0.5) is 26.3 Å². The van der Waals surface area contributed by atoms with Crippen molar-refractivity contribution in [2.45, 2.75) is 110 Å². The molecule has 2 aliphatic heterocycles. The van der Waals surface area contributed by atoms with E-state index < -0.39 is 67.2 Å². The van der Waals surface area contributed by atoms with E-state index in [-0.39, 0.29) is 72.7 Å². The van der Waals surface area contributed by atoms with Crippen LogP contribution in [0, 0.1) is 46.8 Å². The number of aldehydes is 1. The summed E-state index contributed by atoms with van der Waals surface area (Å²) in [5, 5.41) is 24.2. The Bertz CT molecular complexity index is 2700. The van der Waals surface area contributed by atoms with Crippen molar-refractivity contribution in [3.8, 4) is 17.6 Å². The standard InChI is InChI=1S/C27H34F3N5O4.C24H31N3O5.C2H4F3N/c1-15(2)9-17(11-23(36)21-12-18-19(34-21)5-4-6-24(18)39-3)26(38)35-20(10-16-7-8-32-25(16)37)22(13-31)33-14-27(28,29)30;1-14(2)9-16(24(31)26-17(13-28)10-15-7-8-25-23(15)30)11-21(29)20-12-18-19(27-20)5-4-6-22(18)32-3;3-2(4,5)1-6/h4-6,12,15-17,20,22,33-34H,7-11,14H2,1-3H3,(H,32,37)(H,35,38);4-6,12-17,27H,7-11H2,1-3H3,(H,25,30)(H,26,31);1,6H2/t16-,17+,20-,22?;15-,16+,17-;/m00./s1. The number of amides is 4. The highest BCUT2D eigenvalue weighted by Crippen LogP contribution is 2.30. The Morgan fingerprint density at radius 2 is 1.18 bits per heavy atom. The molecule has 9 N–H and O–H groups in total. The van der Waals surface area contributed by atoms with Crippen LogP contribution in [0.3, 0.4) is 0 Å². The summed E-state index contributed by atoms with van der Waals surface area (Å²) in [7, 11) is 3.10. The summed E-state index contributed by atoms with van der Waals surface area (Å²) in [5.41, 5.74) is 6.39. The van der Waals surface area contributed by atoms with Crippen molar-refractivity contribution < 1.29 is 69.4 Å². The molecule has 24 heteroatoms. The van der Waals surface area contributed by atoms with Crippen LogP contribution >= 0.6 is 0 Å². The molecule has 2 fully saturated rings. The number of nitrogens with two attached hydrogens (primary N) is 1. The van der Waals surface area contributed by atoms with E-state index in [9.17, 15) is 65.2 Å². The molecule has 7 atom stereocenters. The number of hydrogen-bond acceptors (Lipinski definition) is 12. The Hall–Kier alpha value is -7.00. The lowest BCUT2D eigenvalue weighted by Crippen LogP contribution is -2.53. The number of nitriles is 1. The second-order valence-electron chi connectivity index (χ2n) is 19.9. The minimum atomic E-state index is -4.57. The van der Waals surface area contributed by atoms with Gasteiger partial charge in [-0.15, -0.1) is 0 Å². The molecular weight excluding hydrogens is 1020 g/mol.